The molecule has 0 saturated heterocycles. The maximum absolute atomic E-state index is 13.5. The van der Waals surface area contributed by atoms with Gasteiger partial charge >= 0.3 is 0 Å². The van der Waals surface area contributed by atoms with Gasteiger partial charge < -0.3 is 15.2 Å². The molecule has 0 amide bonds. The molecule has 10 nitrogen and oxygen atoms in total. The molecule has 0 unspecified atom stereocenters. The molecule has 5 aromatic rings. The van der Waals surface area contributed by atoms with Crippen LogP contribution in [0.2, 0.25) is 5.02 Å². The topological polar surface area (TPSA) is 115 Å². The second-order valence-corrected chi connectivity index (χ2v) is 10.1. The van der Waals surface area contributed by atoms with E-state index in [9.17, 15) is 4.79 Å². The molecule has 1 aliphatic heterocycles. The van der Waals surface area contributed by atoms with Gasteiger partial charge in [-0.3, -0.25) is 9.78 Å². The van der Waals surface area contributed by atoms with Crippen LogP contribution in [0.5, 0.6) is 0 Å². The number of halogens is 1. The summed E-state index contributed by atoms with van der Waals surface area (Å²) in [5.74, 6) is 0.371. The number of imidazole rings is 1. The van der Waals surface area contributed by atoms with Crippen LogP contribution in [0.3, 0.4) is 0 Å². The summed E-state index contributed by atoms with van der Waals surface area (Å²) in [6.45, 7) is 1.89. The average Bonchev–Trinajstić information content (AvgIpc) is 3.54. The van der Waals surface area contributed by atoms with Gasteiger partial charge in [-0.25, -0.2) is 15.0 Å². The number of benzene rings is 1. The summed E-state index contributed by atoms with van der Waals surface area (Å²) in [7, 11) is 1.87. The summed E-state index contributed by atoms with van der Waals surface area (Å²) >= 11 is 6.34. The normalized spacial score (nSPS) is 15.6. The zero-order valence-corrected chi connectivity index (χ0v) is 20.7. The number of hydrogen-bond donors (Lipinski definition) is 2. The highest BCUT2D eigenvalue weighted by molar-refractivity contribution is 6.32. The van der Waals surface area contributed by atoms with Crippen LogP contribution in [0.15, 0.2) is 60.2 Å². The molecular formula is C26H22ClN9O. The SMILES string of the molecule is Cn1cnc(-c2nn(-c3ccncc3Cl)c(=O)c3cnc(Nc4ccc5c(c4)CNCC54CC4)nc23)c1. The summed E-state index contributed by atoms with van der Waals surface area (Å²) in [6.07, 6.45) is 10.5. The van der Waals surface area contributed by atoms with Crippen molar-refractivity contribution < 1.29 is 0 Å². The Bertz CT molecular complexity index is 1760. The van der Waals surface area contributed by atoms with Crippen molar-refractivity contribution in [3.63, 3.8) is 0 Å². The molecule has 37 heavy (non-hydrogen) atoms. The van der Waals surface area contributed by atoms with E-state index >= 15 is 0 Å². The first-order valence-corrected chi connectivity index (χ1v) is 12.4. The van der Waals surface area contributed by atoms with Gasteiger partial charge in [-0.15, -0.1) is 0 Å². The molecule has 0 radical (unpaired) electrons. The molecule has 4 aromatic heterocycles. The molecule has 5 heterocycles. The Morgan fingerprint density at radius 2 is 2.05 bits per heavy atom. The van der Waals surface area contributed by atoms with Crippen molar-refractivity contribution in [2.24, 2.45) is 7.05 Å². The van der Waals surface area contributed by atoms with Gasteiger partial charge in [0.15, 0.2) is 0 Å². The molecule has 7 rings (SSSR count). The van der Waals surface area contributed by atoms with Crippen LogP contribution in [0, 0.1) is 0 Å². The quantitative estimate of drug-likeness (QED) is 0.376. The van der Waals surface area contributed by atoms with Gasteiger partial charge in [-0.2, -0.15) is 9.78 Å². The minimum absolute atomic E-state index is 0.303. The second-order valence-electron chi connectivity index (χ2n) is 9.65. The fourth-order valence-corrected chi connectivity index (χ4v) is 5.29. The highest BCUT2D eigenvalue weighted by atomic mass is 35.5. The Kier molecular flexibility index (Phi) is 4.89. The molecular weight excluding hydrogens is 490 g/mol. The van der Waals surface area contributed by atoms with E-state index in [0.29, 0.717) is 44.4 Å². The largest absolute Gasteiger partial charge is 0.340 e. The fourth-order valence-electron chi connectivity index (χ4n) is 5.09. The molecule has 0 atom stereocenters. The standard InChI is InChI=1S/C26H22ClN9O/c1-35-12-20(31-14-35)23-22-17(24(37)36(34-23)21-4-7-28-11-19(21)27)10-30-25(33-22)32-16-2-3-18-15(8-16)9-29-13-26(18)5-6-26/h2-4,7-8,10-12,14,29H,5-6,9,13H2,1H3,(H,30,32,33). The zero-order chi connectivity index (χ0) is 25.1. The summed E-state index contributed by atoms with van der Waals surface area (Å²) < 4.78 is 3.06. The Labute approximate surface area is 216 Å². The third-order valence-electron chi connectivity index (χ3n) is 7.13. The van der Waals surface area contributed by atoms with Crippen LogP contribution >= 0.6 is 11.6 Å². The van der Waals surface area contributed by atoms with E-state index in [1.165, 1.54) is 41.0 Å². The lowest BCUT2D eigenvalue weighted by Crippen LogP contribution is -2.33. The van der Waals surface area contributed by atoms with Crippen molar-refractivity contribution >= 4 is 34.1 Å². The number of nitrogens with zero attached hydrogens (tertiary/aromatic N) is 7. The Morgan fingerprint density at radius 3 is 2.84 bits per heavy atom. The molecule has 0 bridgehead atoms. The van der Waals surface area contributed by atoms with Gasteiger partial charge in [0.25, 0.3) is 5.56 Å². The molecule has 11 heteroatoms. The predicted molar refractivity (Wildman–Crippen MR) is 140 cm³/mol. The first-order chi connectivity index (χ1) is 18.0. The lowest BCUT2D eigenvalue weighted by Gasteiger charge is -2.26. The van der Waals surface area contributed by atoms with Gasteiger partial charge in [-0.1, -0.05) is 17.7 Å². The van der Waals surface area contributed by atoms with Crippen molar-refractivity contribution in [2.75, 3.05) is 11.9 Å². The number of aromatic nitrogens is 7. The first-order valence-electron chi connectivity index (χ1n) is 12.0. The Balaban J connectivity index is 1.35. The number of aryl methyl sites for hydroxylation is 1. The lowest BCUT2D eigenvalue weighted by atomic mass is 9.88. The number of pyridine rings is 1. The van der Waals surface area contributed by atoms with E-state index in [1.54, 1.807) is 18.6 Å². The van der Waals surface area contributed by atoms with Crippen LogP contribution in [0.1, 0.15) is 24.0 Å². The van der Waals surface area contributed by atoms with Crippen LogP contribution in [-0.4, -0.2) is 40.8 Å². The van der Waals surface area contributed by atoms with E-state index < -0.39 is 0 Å². The molecule has 2 aliphatic rings. The van der Waals surface area contributed by atoms with Crippen molar-refractivity contribution in [1.82, 2.24) is 39.6 Å². The van der Waals surface area contributed by atoms with E-state index in [0.717, 1.165) is 18.8 Å². The summed E-state index contributed by atoms with van der Waals surface area (Å²) in [6, 6.07) is 8.07. The fraction of sp³-hybridized carbons (Fsp3) is 0.231. The molecule has 184 valence electrons. The van der Waals surface area contributed by atoms with Gasteiger partial charge in [-0.05, 0) is 42.2 Å². The number of hydrogen-bond acceptors (Lipinski definition) is 8. The molecule has 1 spiro atoms. The second kappa shape index (κ2) is 8.19. The Morgan fingerprint density at radius 1 is 1.16 bits per heavy atom. The predicted octanol–water partition coefficient (Wildman–Crippen LogP) is 3.50. The maximum Gasteiger partial charge on any atom is 0.282 e. The van der Waals surface area contributed by atoms with E-state index in [-0.39, 0.29) is 5.56 Å². The van der Waals surface area contributed by atoms with Crippen molar-refractivity contribution in [3.05, 3.63) is 81.9 Å². The monoisotopic (exact) mass is 511 g/mol. The molecule has 1 aliphatic carbocycles. The van der Waals surface area contributed by atoms with Crippen LogP contribution in [0.25, 0.3) is 28.0 Å². The van der Waals surface area contributed by atoms with E-state index in [1.807, 2.05) is 17.8 Å². The van der Waals surface area contributed by atoms with Crippen LogP contribution < -0.4 is 16.2 Å². The first kappa shape index (κ1) is 22.1. The number of anilines is 2. The van der Waals surface area contributed by atoms with Gasteiger partial charge in [0, 0.05) is 56.0 Å². The highest BCUT2D eigenvalue weighted by Gasteiger charge is 2.46. The number of nitrogens with one attached hydrogen (secondary N) is 2. The average molecular weight is 512 g/mol. The minimum Gasteiger partial charge on any atom is -0.340 e. The van der Waals surface area contributed by atoms with Crippen molar-refractivity contribution in [1.29, 1.82) is 0 Å². The van der Waals surface area contributed by atoms with Crippen LogP contribution in [-0.2, 0) is 19.0 Å². The van der Waals surface area contributed by atoms with Gasteiger partial charge in [0.1, 0.15) is 16.9 Å². The molecule has 1 saturated carbocycles. The maximum atomic E-state index is 13.5. The Hall–Kier alpha value is -4.15. The minimum atomic E-state index is -0.385. The molecule has 1 fully saturated rings. The van der Waals surface area contributed by atoms with E-state index in [2.05, 4.69) is 48.9 Å². The summed E-state index contributed by atoms with van der Waals surface area (Å²) in [5.41, 5.74) is 5.39. The lowest BCUT2D eigenvalue weighted by molar-refractivity contribution is 0.531. The molecule has 1 aromatic carbocycles. The smallest absolute Gasteiger partial charge is 0.282 e. The summed E-state index contributed by atoms with van der Waals surface area (Å²) in [5, 5.41) is 12.1. The van der Waals surface area contributed by atoms with Crippen LogP contribution in [0.4, 0.5) is 11.6 Å². The van der Waals surface area contributed by atoms with E-state index in [4.69, 9.17) is 16.6 Å². The van der Waals surface area contributed by atoms with Gasteiger partial charge in [0.05, 0.1) is 22.4 Å². The third kappa shape index (κ3) is 3.68. The molecule has 2 N–H and O–H groups in total. The number of fused-ring (bicyclic) bond motifs is 3. The van der Waals surface area contributed by atoms with Crippen molar-refractivity contribution in [2.45, 2.75) is 24.8 Å². The van der Waals surface area contributed by atoms with Gasteiger partial charge in [0.2, 0.25) is 5.95 Å². The van der Waals surface area contributed by atoms with Crippen molar-refractivity contribution in [3.8, 4) is 17.1 Å². The summed E-state index contributed by atoms with van der Waals surface area (Å²) in [4.78, 5) is 31.1. The highest BCUT2D eigenvalue weighted by Crippen LogP contribution is 2.50. The zero-order valence-electron chi connectivity index (χ0n) is 19.9. The third-order valence-corrected chi connectivity index (χ3v) is 7.42. The number of rotatable bonds is 4.